The average molecular weight is 432 g/mol. The summed E-state index contributed by atoms with van der Waals surface area (Å²) in [6.45, 7) is 5.66. The van der Waals surface area contributed by atoms with E-state index in [1.807, 2.05) is 23.1 Å². The molecule has 1 amide bonds. The second-order valence-electron chi connectivity index (χ2n) is 7.57. The largest absolute Gasteiger partial charge is 0.481 e. The number of hydrogen-bond acceptors (Lipinski definition) is 5. The Bertz CT molecular complexity index is 940. The maximum atomic E-state index is 12.8. The minimum Gasteiger partial charge on any atom is -0.481 e. The van der Waals surface area contributed by atoms with Crippen molar-refractivity contribution in [2.45, 2.75) is 19.6 Å². The lowest BCUT2D eigenvalue weighted by Crippen LogP contribution is -2.51. The van der Waals surface area contributed by atoms with E-state index in [1.54, 1.807) is 31.2 Å². The summed E-state index contributed by atoms with van der Waals surface area (Å²) in [5, 5.41) is 0. The van der Waals surface area contributed by atoms with Crippen molar-refractivity contribution < 1.29 is 17.9 Å². The van der Waals surface area contributed by atoms with Crippen LogP contribution >= 0.6 is 0 Å². The van der Waals surface area contributed by atoms with E-state index >= 15 is 0 Å². The van der Waals surface area contributed by atoms with Gasteiger partial charge in [-0.1, -0.05) is 30.3 Å². The van der Waals surface area contributed by atoms with E-state index in [1.165, 1.54) is 16.9 Å². The number of carbonyl (C=O) groups excluding carboxylic acids is 1. The molecule has 0 unspecified atom stereocenters. The van der Waals surface area contributed by atoms with Crippen molar-refractivity contribution in [3.8, 4) is 5.75 Å². The smallest absolute Gasteiger partial charge is 0.263 e. The highest BCUT2D eigenvalue weighted by Crippen LogP contribution is 2.21. The summed E-state index contributed by atoms with van der Waals surface area (Å²) < 4.78 is 30.2. The molecule has 1 atom stereocenters. The van der Waals surface area contributed by atoms with Crippen molar-refractivity contribution in [3.05, 3.63) is 60.2 Å². The third kappa shape index (κ3) is 5.73. The molecule has 0 spiro atoms. The summed E-state index contributed by atoms with van der Waals surface area (Å²) in [6, 6.07) is 17.0. The highest BCUT2D eigenvalue weighted by Gasteiger charge is 2.26. The van der Waals surface area contributed by atoms with Crippen LogP contribution in [0.5, 0.6) is 5.75 Å². The predicted octanol–water partition coefficient (Wildman–Crippen LogP) is 2.19. The first-order valence-electron chi connectivity index (χ1n) is 10.00. The van der Waals surface area contributed by atoms with Crippen LogP contribution in [-0.2, 0) is 21.4 Å². The Morgan fingerprint density at radius 2 is 1.63 bits per heavy atom. The second-order valence-corrected chi connectivity index (χ2v) is 9.59. The summed E-state index contributed by atoms with van der Waals surface area (Å²) in [4.78, 5) is 17.0. The van der Waals surface area contributed by atoms with Gasteiger partial charge in [0.15, 0.2) is 6.10 Å². The molecule has 30 heavy (non-hydrogen) atoms. The molecule has 1 aliphatic rings. The lowest BCUT2D eigenvalue weighted by Gasteiger charge is -2.35. The van der Waals surface area contributed by atoms with Gasteiger partial charge in [0, 0.05) is 39.8 Å². The first-order chi connectivity index (χ1) is 14.2. The number of hydrogen-bond donors (Lipinski definition) is 0. The van der Waals surface area contributed by atoms with Gasteiger partial charge < -0.3 is 9.64 Å². The monoisotopic (exact) mass is 431 g/mol. The molecule has 2 aromatic rings. The molecule has 0 bridgehead atoms. The normalized spacial score (nSPS) is 16.2. The van der Waals surface area contributed by atoms with Crippen molar-refractivity contribution in [1.29, 1.82) is 0 Å². The Morgan fingerprint density at radius 1 is 1.03 bits per heavy atom. The van der Waals surface area contributed by atoms with Crippen molar-refractivity contribution in [3.63, 3.8) is 0 Å². The van der Waals surface area contributed by atoms with E-state index in [9.17, 15) is 13.2 Å². The van der Waals surface area contributed by atoms with Gasteiger partial charge in [-0.15, -0.1) is 0 Å². The number of piperazine rings is 1. The molecule has 0 radical (unpaired) electrons. The molecule has 162 valence electrons. The SMILES string of the molecule is C[C@@H](Oc1ccc(N(C)S(C)(=O)=O)cc1)C(=O)N1CCN(Cc2ccccc2)CC1. The Labute approximate surface area is 178 Å². The summed E-state index contributed by atoms with van der Waals surface area (Å²) in [5.74, 6) is 0.496. The molecule has 0 aliphatic carbocycles. The van der Waals surface area contributed by atoms with Crippen molar-refractivity contribution in [1.82, 2.24) is 9.80 Å². The standard InChI is InChI=1S/C22H29N3O4S/c1-18(29-21-11-9-20(10-12-21)23(2)30(3,27)28)22(26)25-15-13-24(14-16-25)17-19-7-5-4-6-8-19/h4-12,18H,13-17H2,1-3H3/t18-/m1/s1. The molecule has 0 saturated carbocycles. The average Bonchev–Trinajstić information content (AvgIpc) is 2.74. The number of nitrogens with zero attached hydrogens (tertiary/aromatic N) is 3. The maximum Gasteiger partial charge on any atom is 0.263 e. The van der Waals surface area contributed by atoms with Crippen molar-refractivity contribution >= 4 is 21.6 Å². The number of ether oxygens (including phenoxy) is 1. The molecule has 0 N–H and O–H groups in total. The Balaban J connectivity index is 1.50. The zero-order chi connectivity index (χ0) is 21.7. The van der Waals surface area contributed by atoms with Gasteiger partial charge in [-0.3, -0.25) is 14.0 Å². The molecular formula is C22H29N3O4S. The van der Waals surface area contributed by atoms with Crippen LogP contribution in [0, 0.1) is 0 Å². The molecule has 1 heterocycles. The van der Waals surface area contributed by atoms with Gasteiger partial charge in [0.25, 0.3) is 5.91 Å². The van der Waals surface area contributed by atoms with E-state index in [4.69, 9.17) is 4.74 Å². The van der Waals surface area contributed by atoms with Crippen molar-refractivity contribution in [2.24, 2.45) is 0 Å². The Hall–Kier alpha value is -2.58. The quantitative estimate of drug-likeness (QED) is 0.672. The molecule has 8 heteroatoms. The lowest BCUT2D eigenvalue weighted by atomic mass is 10.2. The van der Waals surface area contributed by atoms with Gasteiger partial charge in [0.1, 0.15) is 5.75 Å². The second kappa shape index (κ2) is 9.49. The van der Waals surface area contributed by atoms with Gasteiger partial charge in [-0.2, -0.15) is 0 Å². The summed E-state index contributed by atoms with van der Waals surface area (Å²) >= 11 is 0. The third-order valence-electron chi connectivity index (χ3n) is 5.29. The van der Waals surface area contributed by atoms with E-state index in [0.29, 0.717) is 24.5 Å². The summed E-state index contributed by atoms with van der Waals surface area (Å²) in [5.41, 5.74) is 1.82. The molecule has 3 rings (SSSR count). The van der Waals surface area contributed by atoms with E-state index in [2.05, 4.69) is 17.0 Å². The van der Waals surface area contributed by atoms with Crippen LogP contribution in [0.25, 0.3) is 0 Å². The summed E-state index contributed by atoms with van der Waals surface area (Å²) in [7, 11) is -1.82. The fourth-order valence-corrected chi connectivity index (χ4v) is 3.91. The van der Waals surface area contributed by atoms with Crippen molar-refractivity contribution in [2.75, 3.05) is 43.8 Å². The Morgan fingerprint density at radius 3 is 2.20 bits per heavy atom. The topological polar surface area (TPSA) is 70.2 Å². The number of benzene rings is 2. The van der Waals surface area contributed by atoms with Crippen LogP contribution in [0.4, 0.5) is 5.69 Å². The van der Waals surface area contributed by atoms with E-state index < -0.39 is 16.1 Å². The number of anilines is 1. The first kappa shape index (κ1) is 22.1. The van der Waals surface area contributed by atoms with Gasteiger partial charge in [-0.25, -0.2) is 8.42 Å². The molecule has 0 aromatic heterocycles. The number of sulfonamides is 1. The fourth-order valence-electron chi connectivity index (χ4n) is 3.41. The molecule has 7 nitrogen and oxygen atoms in total. The molecular weight excluding hydrogens is 402 g/mol. The van der Waals surface area contributed by atoms with Crippen LogP contribution in [0.15, 0.2) is 54.6 Å². The first-order valence-corrected chi connectivity index (χ1v) is 11.8. The molecule has 1 fully saturated rings. The van der Waals surface area contributed by atoms with Gasteiger partial charge in [0.05, 0.1) is 11.9 Å². The van der Waals surface area contributed by atoms with Gasteiger partial charge in [0.2, 0.25) is 10.0 Å². The Kier molecular flexibility index (Phi) is 6.99. The molecule has 2 aromatic carbocycles. The van der Waals surface area contributed by atoms with Gasteiger partial charge >= 0.3 is 0 Å². The number of rotatable bonds is 7. The highest BCUT2D eigenvalue weighted by atomic mass is 32.2. The van der Waals surface area contributed by atoms with Crippen LogP contribution in [0.1, 0.15) is 12.5 Å². The zero-order valence-corrected chi connectivity index (χ0v) is 18.5. The molecule has 1 saturated heterocycles. The maximum absolute atomic E-state index is 12.8. The highest BCUT2D eigenvalue weighted by molar-refractivity contribution is 7.92. The van der Waals surface area contributed by atoms with E-state index in [0.717, 1.165) is 25.9 Å². The van der Waals surface area contributed by atoms with Crippen LogP contribution < -0.4 is 9.04 Å². The number of amides is 1. The van der Waals surface area contributed by atoms with Gasteiger partial charge in [-0.05, 0) is 36.8 Å². The molecule has 1 aliphatic heterocycles. The van der Waals surface area contributed by atoms with E-state index in [-0.39, 0.29) is 5.91 Å². The predicted molar refractivity (Wildman–Crippen MR) is 118 cm³/mol. The minimum atomic E-state index is -3.32. The van der Waals surface area contributed by atoms with Crippen LogP contribution in [0.2, 0.25) is 0 Å². The minimum absolute atomic E-state index is 0.0355. The van der Waals surface area contributed by atoms with Crippen LogP contribution in [0.3, 0.4) is 0 Å². The fraction of sp³-hybridized carbons (Fsp3) is 0.409. The summed E-state index contributed by atoms with van der Waals surface area (Å²) in [6.07, 6.45) is 0.543. The van der Waals surface area contributed by atoms with Crippen LogP contribution in [-0.4, -0.2) is 69.7 Å². The number of carbonyl (C=O) groups is 1. The zero-order valence-electron chi connectivity index (χ0n) is 17.7. The third-order valence-corrected chi connectivity index (χ3v) is 6.50. The lowest BCUT2D eigenvalue weighted by molar-refractivity contribution is -0.139.